The number of piperazine rings is 1. The minimum absolute atomic E-state index is 0.0828. The largest absolute Gasteiger partial charge is 0.384 e. The van der Waals surface area contributed by atoms with Crippen LogP contribution in [0.2, 0.25) is 0 Å². The number of likely N-dealkylation sites (N-methyl/N-ethyl adjacent to an activating group) is 1. The maximum atomic E-state index is 8.84. The Morgan fingerprint density at radius 1 is 1.30 bits per heavy atom. The third-order valence-corrected chi connectivity index (χ3v) is 3.97. The molecule has 1 aromatic rings. The average Bonchev–Trinajstić information content (AvgIpc) is 2.46. The van der Waals surface area contributed by atoms with E-state index < -0.39 is 0 Å². The molecule has 0 spiro atoms. The molecule has 1 atom stereocenters. The van der Waals surface area contributed by atoms with E-state index in [-0.39, 0.29) is 6.61 Å². The first-order valence-electron chi connectivity index (χ1n) is 7.38. The lowest BCUT2D eigenvalue weighted by Gasteiger charge is -2.39. The lowest BCUT2D eigenvalue weighted by atomic mass is 10.1. The topological polar surface area (TPSA) is 26.7 Å². The number of aliphatic hydroxyl groups excluding tert-OH is 1. The van der Waals surface area contributed by atoms with Crippen LogP contribution in [0.1, 0.15) is 25.0 Å². The van der Waals surface area contributed by atoms with Crippen molar-refractivity contribution in [3.63, 3.8) is 0 Å². The molecule has 0 saturated carbocycles. The zero-order valence-corrected chi connectivity index (χ0v) is 12.5. The van der Waals surface area contributed by atoms with Gasteiger partial charge >= 0.3 is 0 Å². The van der Waals surface area contributed by atoms with Gasteiger partial charge in [-0.1, -0.05) is 37.0 Å². The van der Waals surface area contributed by atoms with Gasteiger partial charge in [0.25, 0.3) is 0 Å². The first-order chi connectivity index (χ1) is 9.74. The summed E-state index contributed by atoms with van der Waals surface area (Å²) in [7, 11) is 0. The van der Waals surface area contributed by atoms with Crippen molar-refractivity contribution in [2.75, 3.05) is 32.8 Å². The third kappa shape index (κ3) is 3.83. The summed E-state index contributed by atoms with van der Waals surface area (Å²) >= 11 is 0. The Balaban J connectivity index is 2.04. The number of hydrogen-bond donors (Lipinski definition) is 1. The van der Waals surface area contributed by atoms with E-state index in [1.807, 2.05) is 12.1 Å². The molecular weight excluding hydrogens is 248 g/mol. The van der Waals surface area contributed by atoms with E-state index in [1.54, 1.807) is 0 Å². The lowest BCUT2D eigenvalue weighted by molar-refractivity contribution is 0.0834. The van der Waals surface area contributed by atoms with Gasteiger partial charge < -0.3 is 5.11 Å². The summed E-state index contributed by atoms with van der Waals surface area (Å²) in [6.45, 7) is 9.88. The molecule has 0 aliphatic carbocycles. The van der Waals surface area contributed by atoms with E-state index in [4.69, 9.17) is 5.11 Å². The molecule has 1 fully saturated rings. The Bertz CT molecular complexity index is 489. The van der Waals surface area contributed by atoms with E-state index in [9.17, 15) is 0 Å². The second kappa shape index (κ2) is 7.44. The molecule has 1 unspecified atom stereocenters. The molecule has 0 radical (unpaired) electrons. The second-order valence-electron chi connectivity index (χ2n) is 5.33. The van der Waals surface area contributed by atoms with Crippen molar-refractivity contribution in [3.8, 4) is 11.8 Å². The van der Waals surface area contributed by atoms with Crippen molar-refractivity contribution in [1.29, 1.82) is 0 Å². The van der Waals surface area contributed by atoms with E-state index in [0.29, 0.717) is 6.04 Å². The minimum Gasteiger partial charge on any atom is -0.384 e. The number of nitrogens with zero attached hydrogens (tertiary/aromatic N) is 2. The van der Waals surface area contributed by atoms with Crippen LogP contribution in [0.25, 0.3) is 0 Å². The summed E-state index contributed by atoms with van der Waals surface area (Å²) in [6.07, 6.45) is 0. The summed E-state index contributed by atoms with van der Waals surface area (Å²) in [5, 5.41) is 8.84. The van der Waals surface area contributed by atoms with Crippen molar-refractivity contribution in [2.24, 2.45) is 0 Å². The van der Waals surface area contributed by atoms with Gasteiger partial charge in [-0.05, 0) is 25.1 Å². The fourth-order valence-electron chi connectivity index (χ4n) is 2.84. The molecule has 1 saturated heterocycles. The van der Waals surface area contributed by atoms with E-state index in [0.717, 1.165) is 38.3 Å². The summed E-state index contributed by atoms with van der Waals surface area (Å²) in [6, 6.07) is 8.85. The van der Waals surface area contributed by atoms with Crippen molar-refractivity contribution in [2.45, 2.75) is 26.4 Å². The van der Waals surface area contributed by atoms with Gasteiger partial charge in [-0.15, -0.1) is 0 Å². The van der Waals surface area contributed by atoms with Gasteiger partial charge in [0.05, 0.1) is 0 Å². The van der Waals surface area contributed by atoms with Gasteiger partial charge in [-0.2, -0.15) is 0 Å². The minimum atomic E-state index is -0.0828. The van der Waals surface area contributed by atoms with Crippen LogP contribution in [-0.2, 0) is 6.54 Å². The maximum Gasteiger partial charge on any atom is 0.104 e. The maximum absolute atomic E-state index is 8.84. The highest BCUT2D eigenvalue weighted by molar-refractivity contribution is 5.41. The van der Waals surface area contributed by atoms with Crippen molar-refractivity contribution >= 4 is 0 Å². The highest BCUT2D eigenvalue weighted by Gasteiger charge is 2.22. The highest BCUT2D eigenvalue weighted by Crippen LogP contribution is 2.15. The molecule has 1 aliphatic heterocycles. The Labute approximate surface area is 122 Å². The van der Waals surface area contributed by atoms with Crippen molar-refractivity contribution in [3.05, 3.63) is 35.4 Å². The monoisotopic (exact) mass is 272 g/mol. The molecule has 2 rings (SSSR count). The molecule has 1 aliphatic rings. The van der Waals surface area contributed by atoms with Crippen LogP contribution >= 0.6 is 0 Å². The first-order valence-corrected chi connectivity index (χ1v) is 7.38. The molecule has 108 valence electrons. The number of rotatable bonds is 3. The molecule has 1 heterocycles. The van der Waals surface area contributed by atoms with Gasteiger partial charge in [0.15, 0.2) is 0 Å². The fourth-order valence-corrected chi connectivity index (χ4v) is 2.84. The zero-order chi connectivity index (χ0) is 14.4. The predicted molar refractivity (Wildman–Crippen MR) is 82.4 cm³/mol. The molecular formula is C17H24N2O. The fraction of sp³-hybridized carbons (Fsp3) is 0.529. The zero-order valence-electron chi connectivity index (χ0n) is 12.5. The van der Waals surface area contributed by atoms with Crippen LogP contribution in [0.15, 0.2) is 24.3 Å². The molecule has 0 amide bonds. The highest BCUT2D eigenvalue weighted by atomic mass is 16.2. The smallest absolute Gasteiger partial charge is 0.104 e. The summed E-state index contributed by atoms with van der Waals surface area (Å²) in [5.74, 6) is 5.79. The van der Waals surface area contributed by atoms with Gasteiger partial charge in [-0.25, -0.2) is 0 Å². The van der Waals surface area contributed by atoms with Crippen LogP contribution in [0.4, 0.5) is 0 Å². The molecule has 1 N–H and O–H groups in total. The number of hydrogen-bond acceptors (Lipinski definition) is 3. The Kier molecular flexibility index (Phi) is 5.60. The molecule has 20 heavy (non-hydrogen) atoms. The van der Waals surface area contributed by atoms with Crippen molar-refractivity contribution < 1.29 is 5.11 Å². The molecule has 0 aromatic heterocycles. The number of benzene rings is 1. The van der Waals surface area contributed by atoms with Gasteiger partial charge in [0.2, 0.25) is 0 Å². The van der Waals surface area contributed by atoms with Gasteiger partial charge in [0, 0.05) is 37.8 Å². The van der Waals surface area contributed by atoms with Crippen LogP contribution < -0.4 is 0 Å². The van der Waals surface area contributed by atoms with E-state index >= 15 is 0 Å². The standard InChI is InChI=1S/C17H24N2O/c1-3-19-11-10-18(13-15(19)2)14-17-8-5-4-7-16(17)9-6-12-20/h4-5,7-8,15,20H,3,10-14H2,1-2H3. The van der Waals surface area contributed by atoms with Crippen LogP contribution in [0.3, 0.4) is 0 Å². The number of aliphatic hydroxyl groups is 1. The van der Waals surface area contributed by atoms with E-state index in [2.05, 4.69) is 47.6 Å². The van der Waals surface area contributed by atoms with Crippen molar-refractivity contribution in [1.82, 2.24) is 9.80 Å². The SMILES string of the molecule is CCN1CCN(Cc2ccccc2C#CCO)CC1C. The summed E-state index contributed by atoms with van der Waals surface area (Å²) in [5.41, 5.74) is 2.29. The lowest BCUT2D eigenvalue weighted by Crippen LogP contribution is -2.51. The van der Waals surface area contributed by atoms with Gasteiger partial charge in [0.1, 0.15) is 6.61 Å². The average molecular weight is 272 g/mol. The van der Waals surface area contributed by atoms with E-state index in [1.165, 1.54) is 5.56 Å². The quantitative estimate of drug-likeness (QED) is 0.846. The molecule has 1 aromatic carbocycles. The molecule has 3 nitrogen and oxygen atoms in total. The second-order valence-corrected chi connectivity index (χ2v) is 5.33. The third-order valence-electron chi connectivity index (χ3n) is 3.97. The Hall–Kier alpha value is -1.34. The van der Waals surface area contributed by atoms with Crippen LogP contribution in [0, 0.1) is 11.8 Å². The van der Waals surface area contributed by atoms with Crippen LogP contribution in [-0.4, -0.2) is 53.7 Å². The predicted octanol–water partition coefficient (Wildman–Crippen LogP) is 1.56. The Morgan fingerprint density at radius 2 is 2.10 bits per heavy atom. The first kappa shape index (κ1) is 15.1. The summed E-state index contributed by atoms with van der Waals surface area (Å²) < 4.78 is 0. The van der Waals surface area contributed by atoms with Gasteiger partial charge in [-0.3, -0.25) is 9.80 Å². The molecule has 3 heteroatoms. The van der Waals surface area contributed by atoms with Crippen LogP contribution in [0.5, 0.6) is 0 Å². The summed E-state index contributed by atoms with van der Waals surface area (Å²) in [4.78, 5) is 5.02. The Morgan fingerprint density at radius 3 is 2.80 bits per heavy atom. The normalized spacial score (nSPS) is 20.4. The molecule has 0 bridgehead atoms.